The molecule has 4 heteroatoms. The van der Waals surface area contributed by atoms with E-state index in [-0.39, 0.29) is 5.97 Å². The standard InChI is InChI=1S/C16H32O4/c1-3-5-7-8-9-10-16(17)20-15-14-19-13-12-18-11-6-4-2/h3-15H2,1-2H3. The second kappa shape index (κ2) is 16.4. The molecule has 0 N–H and O–H groups in total. The highest BCUT2D eigenvalue weighted by atomic mass is 16.6. The Morgan fingerprint density at radius 1 is 0.700 bits per heavy atom. The van der Waals surface area contributed by atoms with Crippen LogP contribution in [0, 0.1) is 0 Å². The molecule has 0 aromatic rings. The van der Waals surface area contributed by atoms with Crippen LogP contribution < -0.4 is 0 Å². The van der Waals surface area contributed by atoms with Crippen molar-refractivity contribution in [3.05, 3.63) is 0 Å². The van der Waals surface area contributed by atoms with Gasteiger partial charge in [-0.05, 0) is 12.8 Å². The molecule has 20 heavy (non-hydrogen) atoms. The second-order valence-electron chi connectivity index (χ2n) is 4.96. The van der Waals surface area contributed by atoms with Gasteiger partial charge in [0.2, 0.25) is 0 Å². The van der Waals surface area contributed by atoms with Crippen molar-refractivity contribution in [2.75, 3.05) is 33.0 Å². The summed E-state index contributed by atoms with van der Waals surface area (Å²) in [5.41, 5.74) is 0. The molecule has 120 valence electrons. The predicted octanol–water partition coefficient (Wildman–Crippen LogP) is 3.72. The SMILES string of the molecule is CCCCCCCC(=O)OCCOCCOCCCC. The Balaban J connectivity index is 3.11. The van der Waals surface area contributed by atoms with Gasteiger partial charge in [-0.2, -0.15) is 0 Å². The molecule has 0 fully saturated rings. The Bertz CT molecular complexity index is 207. The average molecular weight is 288 g/mol. The molecule has 0 aliphatic heterocycles. The molecule has 0 aromatic heterocycles. The summed E-state index contributed by atoms with van der Waals surface area (Å²) in [6.07, 6.45) is 8.52. The van der Waals surface area contributed by atoms with E-state index in [1.807, 2.05) is 0 Å². The van der Waals surface area contributed by atoms with Crippen LogP contribution in [0.4, 0.5) is 0 Å². The molecule has 0 atom stereocenters. The molecule has 0 heterocycles. The molecule has 0 spiro atoms. The first-order valence-electron chi connectivity index (χ1n) is 8.12. The molecule has 4 nitrogen and oxygen atoms in total. The fraction of sp³-hybridized carbons (Fsp3) is 0.938. The smallest absolute Gasteiger partial charge is 0.305 e. The van der Waals surface area contributed by atoms with Crippen molar-refractivity contribution < 1.29 is 19.0 Å². The highest BCUT2D eigenvalue weighted by Crippen LogP contribution is 2.05. The van der Waals surface area contributed by atoms with Gasteiger partial charge >= 0.3 is 5.97 Å². The predicted molar refractivity (Wildman–Crippen MR) is 80.9 cm³/mol. The molecule has 0 amide bonds. The molecule has 0 saturated carbocycles. The van der Waals surface area contributed by atoms with Crippen LogP contribution in [-0.2, 0) is 19.0 Å². The highest BCUT2D eigenvalue weighted by molar-refractivity contribution is 5.69. The number of rotatable bonds is 15. The van der Waals surface area contributed by atoms with E-state index < -0.39 is 0 Å². The number of carbonyl (C=O) groups excluding carboxylic acids is 1. The first-order valence-corrected chi connectivity index (χ1v) is 8.12. The fourth-order valence-electron chi connectivity index (χ4n) is 1.73. The monoisotopic (exact) mass is 288 g/mol. The summed E-state index contributed by atoms with van der Waals surface area (Å²) in [5, 5.41) is 0. The minimum absolute atomic E-state index is 0.107. The van der Waals surface area contributed by atoms with E-state index in [0.717, 1.165) is 32.3 Å². The van der Waals surface area contributed by atoms with Crippen LogP contribution >= 0.6 is 0 Å². The molecular weight excluding hydrogens is 256 g/mol. The maximum Gasteiger partial charge on any atom is 0.305 e. The first kappa shape index (κ1) is 19.4. The van der Waals surface area contributed by atoms with Crippen molar-refractivity contribution in [3.63, 3.8) is 0 Å². The van der Waals surface area contributed by atoms with E-state index in [1.165, 1.54) is 19.3 Å². The lowest BCUT2D eigenvalue weighted by Gasteiger charge is -2.07. The van der Waals surface area contributed by atoms with Crippen LogP contribution in [-0.4, -0.2) is 39.0 Å². The molecule has 0 radical (unpaired) electrons. The van der Waals surface area contributed by atoms with Gasteiger partial charge in [0.1, 0.15) is 6.61 Å². The van der Waals surface area contributed by atoms with Gasteiger partial charge in [-0.25, -0.2) is 0 Å². The Hall–Kier alpha value is -0.610. The summed E-state index contributed by atoms with van der Waals surface area (Å²) in [7, 11) is 0. The Kier molecular flexibility index (Phi) is 15.9. The van der Waals surface area contributed by atoms with Crippen molar-refractivity contribution in [2.45, 2.75) is 65.2 Å². The number of hydrogen-bond donors (Lipinski definition) is 0. The average Bonchev–Trinajstić information content (AvgIpc) is 2.45. The van der Waals surface area contributed by atoms with Gasteiger partial charge in [0.15, 0.2) is 0 Å². The highest BCUT2D eigenvalue weighted by Gasteiger charge is 2.02. The third-order valence-electron chi connectivity index (χ3n) is 2.99. The van der Waals surface area contributed by atoms with Crippen LogP contribution in [0.3, 0.4) is 0 Å². The van der Waals surface area contributed by atoms with Gasteiger partial charge < -0.3 is 14.2 Å². The Morgan fingerprint density at radius 3 is 2.00 bits per heavy atom. The van der Waals surface area contributed by atoms with Gasteiger partial charge in [0, 0.05) is 13.0 Å². The largest absolute Gasteiger partial charge is 0.463 e. The molecule has 0 unspecified atom stereocenters. The lowest BCUT2D eigenvalue weighted by atomic mass is 10.1. The van der Waals surface area contributed by atoms with Crippen LogP contribution in [0.2, 0.25) is 0 Å². The topological polar surface area (TPSA) is 44.8 Å². The summed E-state index contributed by atoms with van der Waals surface area (Å²) in [4.78, 5) is 11.4. The van der Waals surface area contributed by atoms with Crippen molar-refractivity contribution >= 4 is 5.97 Å². The van der Waals surface area contributed by atoms with E-state index in [1.54, 1.807) is 0 Å². The first-order chi connectivity index (χ1) is 9.81. The summed E-state index contributed by atoms with van der Waals surface area (Å²) in [5.74, 6) is -0.107. The molecule has 0 aliphatic rings. The van der Waals surface area contributed by atoms with E-state index in [9.17, 15) is 4.79 Å². The van der Waals surface area contributed by atoms with Gasteiger partial charge in [-0.3, -0.25) is 4.79 Å². The van der Waals surface area contributed by atoms with Crippen LogP contribution in [0.25, 0.3) is 0 Å². The van der Waals surface area contributed by atoms with E-state index in [0.29, 0.717) is 32.8 Å². The molecule has 0 rings (SSSR count). The van der Waals surface area contributed by atoms with Crippen molar-refractivity contribution in [1.82, 2.24) is 0 Å². The van der Waals surface area contributed by atoms with Crippen molar-refractivity contribution in [2.24, 2.45) is 0 Å². The third kappa shape index (κ3) is 15.4. The van der Waals surface area contributed by atoms with Gasteiger partial charge in [0.05, 0.1) is 19.8 Å². The van der Waals surface area contributed by atoms with Crippen molar-refractivity contribution in [1.29, 1.82) is 0 Å². The van der Waals surface area contributed by atoms with Gasteiger partial charge in [-0.15, -0.1) is 0 Å². The zero-order chi connectivity index (χ0) is 14.9. The summed E-state index contributed by atoms with van der Waals surface area (Å²) >= 11 is 0. The maximum atomic E-state index is 11.4. The lowest BCUT2D eigenvalue weighted by Crippen LogP contribution is -2.13. The number of unbranched alkanes of at least 4 members (excludes halogenated alkanes) is 5. The Labute approximate surface area is 124 Å². The molecule has 0 saturated heterocycles. The minimum atomic E-state index is -0.107. The van der Waals surface area contributed by atoms with E-state index in [2.05, 4.69) is 13.8 Å². The van der Waals surface area contributed by atoms with Crippen LogP contribution in [0.5, 0.6) is 0 Å². The quantitative estimate of drug-likeness (QED) is 0.340. The summed E-state index contributed by atoms with van der Waals surface area (Å²) in [6, 6.07) is 0. The van der Waals surface area contributed by atoms with E-state index in [4.69, 9.17) is 14.2 Å². The minimum Gasteiger partial charge on any atom is -0.463 e. The van der Waals surface area contributed by atoms with Gasteiger partial charge in [-0.1, -0.05) is 46.0 Å². The maximum absolute atomic E-state index is 11.4. The number of ether oxygens (including phenoxy) is 3. The van der Waals surface area contributed by atoms with E-state index >= 15 is 0 Å². The normalized spacial score (nSPS) is 10.7. The number of hydrogen-bond acceptors (Lipinski definition) is 4. The summed E-state index contributed by atoms with van der Waals surface area (Å²) in [6.45, 7) is 7.11. The molecular formula is C16H32O4. The van der Waals surface area contributed by atoms with Crippen LogP contribution in [0.15, 0.2) is 0 Å². The zero-order valence-electron chi connectivity index (χ0n) is 13.3. The molecule has 0 aliphatic carbocycles. The second-order valence-corrected chi connectivity index (χ2v) is 4.96. The fourth-order valence-corrected chi connectivity index (χ4v) is 1.73. The molecule has 0 aromatic carbocycles. The van der Waals surface area contributed by atoms with Crippen molar-refractivity contribution in [3.8, 4) is 0 Å². The number of esters is 1. The van der Waals surface area contributed by atoms with Gasteiger partial charge in [0.25, 0.3) is 0 Å². The summed E-state index contributed by atoms with van der Waals surface area (Å²) < 4.78 is 15.8. The number of carbonyl (C=O) groups is 1. The lowest BCUT2D eigenvalue weighted by molar-refractivity contribution is -0.145. The van der Waals surface area contributed by atoms with Crippen LogP contribution in [0.1, 0.15) is 65.2 Å². The third-order valence-corrected chi connectivity index (χ3v) is 2.99. The Morgan fingerprint density at radius 2 is 1.30 bits per heavy atom. The molecule has 0 bridgehead atoms. The zero-order valence-corrected chi connectivity index (χ0v) is 13.3.